The summed E-state index contributed by atoms with van der Waals surface area (Å²) >= 11 is 3.38. The van der Waals surface area contributed by atoms with Gasteiger partial charge in [0.1, 0.15) is 5.75 Å². The monoisotopic (exact) mass is 366 g/mol. The normalized spacial score (nSPS) is 10.4. The molecular weight excluding hydrogens is 352 g/mol. The quantitative estimate of drug-likeness (QED) is 0.607. The van der Waals surface area contributed by atoms with Crippen LogP contribution in [-0.4, -0.2) is 18.5 Å². The molecule has 0 heterocycles. The summed E-state index contributed by atoms with van der Waals surface area (Å²) in [6.45, 7) is 4.84. The highest BCUT2D eigenvalue weighted by Gasteiger charge is 2.18. The Bertz CT molecular complexity index is 739. The van der Waals surface area contributed by atoms with Gasteiger partial charge >= 0.3 is 11.9 Å². The van der Waals surface area contributed by atoms with Crippen LogP contribution in [0.4, 0.5) is 0 Å². The lowest BCUT2D eigenvalue weighted by molar-refractivity contribution is -0.133. The number of carbonyl (C=O) groups is 2. The molecule has 2 rings (SSSR count). The Hall–Kier alpha value is -2.08. The van der Waals surface area contributed by atoms with Crippen LogP contribution in [0.2, 0.25) is 0 Å². The highest BCUT2D eigenvalue weighted by Crippen LogP contribution is 2.42. The minimum Gasteiger partial charge on any atom is -0.490 e. The summed E-state index contributed by atoms with van der Waals surface area (Å²) in [5.41, 5.74) is 0. The molecule has 0 N–H and O–H groups in total. The minimum absolute atomic E-state index is 0.313. The molecule has 0 aliphatic carbocycles. The summed E-state index contributed by atoms with van der Waals surface area (Å²) in [6, 6.07) is 6.92. The molecule has 0 unspecified atom stereocenters. The fourth-order valence-electron chi connectivity index (χ4n) is 2.06. The minimum atomic E-state index is -0.453. The van der Waals surface area contributed by atoms with Gasteiger partial charge in [0.2, 0.25) is 0 Å². The van der Waals surface area contributed by atoms with E-state index < -0.39 is 11.9 Å². The average Bonchev–Trinajstić information content (AvgIpc) is 2.42. The molecular formula is C16H15BrO5. The summed E-state index contributed by atoms with van der Waals surface area (Å²) in [5, 5.41) is 1.27. The van der Waals surface area contributed by atoms with Gasteiger partial charge in [0.15, 0.2) is 11.5 Å². The molecule has 0 atom stereocenters. The van der Waals surface area contributed by atoms with E-state index in [4.69, 9.17) is 14.2 Å². The Morgan fingerprint density at radius 2 is 1.68 bits per heavy atom. The van der Waals surface area contributed by atoms with Crippen LogP contribution in [0.3, 0.4) is 0 Å². The number of ether oxygens (including phenoxy) is 3. The maximum atomic E-state index is 11.4. The van der Waals surface area contributed by atoms with Crippen molar-refractivity contribution in [3.05, 3.63) is 28.7 Å². The highest BCUT2D eigenvalue weighted by atomic mass is 79.9. The third-order valence-electron chi connectivity index (χ3n) is 2.78. The predicted molar refractivity (Wildman–Crippen MR) is 85.4 cm³/mol. The van der Waals surface area contributed by atoms with E-state index in [0.717, 1.165) is 4.47 Å². The molecule has 0 radical (unpaired) electrons. The zero-order chi connectivity index (χ0) is 16.3. The molecule has 0 fully saturated rings. The van der Waals surface area contributed by atoms with Crippen LogP contribution in [0.15, 0.2) is 28.7 Å². The Morgan fingerprint density at radius 1 is 1.00 bits per heavy atom. The molecule has 2 aromatic carbocycles. The fraction of sp³-hybridized carbons (Fsp3) is 0.250. The van der Waals surface area contributed by atoms with Gasteiger partial charge in [0, 0.05) is 35.2 Å². The highest BCUT2D eigenvalue weighted by molar-refractivity contribution is 9.10. The van der Waals surface area contributed by atoms with Crippen molar-refractivity contribution in [3.63, 3.8) is 0 Å². The first kappa shape index (κ1) is 16.3. The molecule has 0 aliphatic heterocycles. The van der Waals surface area contributed by atoms with Crippen LogP contribution < -0.4 is 14.2 Å². The molecule has 0 aromatic heterocycles. The van der Waals surface area contributed by atoms with E-state index >= 15 is 0 Å². The van der Waals surface area contributed by atoms with Crippen molar-refractivity contribution in [2.75, 3.05) is 6.61 Å². The molecule has 116 valence electrons. The molecule has 0 spiro atoms. The van der Waals surface area contributed by atoms with Crippen LogP contribution in [0.1, 0.15) is 20.8 Å². The van der Waals surface area contributed by atoms with E-state index in [9.17, 15) is 9.59 Å². The van der Waals surface area contributed by atoms with Gasteiger partial charge in [-0.3, -0.25) is 9.59 Å². The van der Waals surface area contributed by atoms with E-state index in [1.807, 2.05) is 13.0 Å². The van der Waals surface area contributed by atoms with Crippen molar-refractivity contribution in [2.24, 2.45) is 0 Å². The maximum Gasteiger partial charge on any atom is 0.308 e. The van der Waals surface area contributed by atoms with Crippen molar-refractivity contribution in [3.8, 4) is 17.2 Å². The Labute approximate surface area is 136 Å². The summed E-state index contributed by atoms with van der Waals surface area (Å²) < 4.78 is 16.9. The predicted octanol–water partition coefficient (Wildman–Crippen LogP) is 3.85. The molecule has 0 amide bonds. The number of hydrogen-bond acceptors (Lipinski definition) is 5. The lowest BCUT2D eigenvalue weighted by Gasteiger charge is -2.15. The molecule has 0 bridgehead atoms. The van der Waals surface area contributed by atoms with Crippen molar-refractivity contribution in [1.29, 1.82) is 0 Å². The summed E-state index contributed by atoms with van der Waals surface area (Å²) in [6.07, 6.45) is 0. The number of benzene rings is 2. The smallest absolute Gasteiger partial charge is 0.308 e. The Kier molecular flexibility index (Phi) is 5.03. The number of esters is 2. The van der Waals surface area contributed by atoms with Gasteiger partial charge in [-0.05, 0) is 25.1 Å². The summed E-state index contributed by atoms with van der Waals surface area (Å²) in [5.74, 6) is 0.119. The second-order valence-electron chi connectivity index (χ2n) is 4.51. The second kappa shape index (κ2) is 6.79. The van der Waals surface area contributed by atoms with Crippen LogP contribution in [0.25, 0.3) is 10.8 Å². The lowest BCUT2D eigenvalue weighted by Crippen LogP contribution is -2.07. The van der Waals surface area contributed by atoms with Crippen LogP contribution in [0, 0.1) is 0 Å². The van der Waals surface area contributed by atoms with E-state index in [1.165, 1.54) is 13.8 Å². The largest absolute Gasteiger partial charge is 0.490 e. The topological polar surface area (TPSA) is 61.8 Å². The van der Waals surface area contributed by atoms with E-state index in [2.05, 4.69) is 15.9 Å². The first-order chi connectivity index (χ1) is 10.4. The fourth-order valence-corrected chi connectivity index (χ4v) is 2.43. The van der Waals surface area contributed by atoms with Crippen molar-refractivity contribution < 1.29 is 23.8 Å². The van der Waals surface area contributed by atoms with Crippen LogP contribution in [0.5, 0.6) is 17.2 Å². The zero-order valence-corrected chi connectivity index (χ0v) is 14.0. The van der Waals surface area contributed by atoms with Gasteiger partial charge < -0.3 is 14.2 Å². The first-order valence-electron chi connectivity index (χ1n) is 6.68. The van der Waals surface area contributed by atoms with Gasteiger partial charge in [-0.15, -0.1) is 0 Å². The van der Waals surface area contributed by atoms with Crippen molar-refractivity contribution >= 4 is 38.6 Å². The van der Waals surface area contributed by atoms with E-state index in [-0.39, 0.29) is 0 Å². The van der Waals surface area contributed by atoms with Gasteiger partial charge in [0.25, 0.3) is 0 Å². The molecule has 5 nitrogen and oxygen atoms in total. The van der Waals surface area contributed by atoms with Gasteiger partial charge in [0.05, 0.1) is 6.61 Å². The number of carbonyl (C=O) groups excluding carboxylic acids is 2. The number of fused-ring (bicyclic) bond motifs is 1. The van der Waals surface area contributed by atoms with Crippen LogP contribution in [-0.2, 0) is 9.59 Å². The van der Waals surface area contributed by atoms with Gasteiger partial charge in [-0.1, -0.05) is 15.9 Å². The molecule has 6 heteroatoms. The van der Waals surface area contributed by atoms with Gasteiger partial charge in [-0.2, -0.15) is 0 Å². The Morgan fingerprint density at radius 3 is 2.27 bits per heavy atom. The summed E-state index contributed by atoms with van der Waals surface area (Å²) in [4.78, 5) is 22.7. The Balaban J connectivity index is 2.76. The van der Waals surface area contributed by atoms with Crippen molar-refractivity contribution in [2.45, 2.75) is 20.8 Å². The zero-order valence-electron chi connectivity index (χ0n) is 12.4. The second-order valence-corrected chi connectivity index (χ2v) is 5.43. The maximum absolute atomic E-state index is 11.4. The summed E-state index contributed by atoms with van der Waals surface area (Å²) in [7, 11) is 0. The van der Waals surface area contributed by atoms with Gasteiger partial charge in [-0.25, -0.2) is 0 Å². The molecule has 22 heavy (non-hydrogen) atoms. The first-order valence-corrected chi connectivity index (χ1v) is 7.47. The lowest BCUT2D eigenvalue weighted by atomic mass is 10.1. The molecule has 0 saturated heterocycles. The third kappa shape index (κ3) is 3.57. The molecule has 0 saturated carbocycles. The third-order valence-corrected chi connectivity index (χ3v) is 3.27. The average molecular weight is 367 g/mol. The number of rotatable bonds is 4. The molecule has 2 aromatic rings. The molecule has 0 aliphatic rings. The number of halogens is 1. The van der Waals surface area contributed by atoms with Crippen LogP contribution >= 0.6 is 15.9 Å². The van der Waals surface area contributed by atoms with Crippen molar-refractivity contribution in [1.82, 2.24) is 0 Å². The standard InChI is InChI=1S/C16H15BrO5/c1-4-20-15-8-14(21-9(2)18)13-7-11(17)5-6-12(13)16(15)22-10(3)19/h5-8H,4H2,1-3H3. The van der Waals surface area contributed by atoms with E-state index in [0.29, 0.717) is 34.6 Å². The van der Waals surface area contributed by atoms with E-state index in [1.54, 1.807) is 18.2 Å². The number of hydrogen-bond donors (Lipinski definition) is 0. The SMILES string of the molecule is CCOc1cc(OC(C)=O)c2cc(Br)ccc2c1OC(C)=O.